The molecule has 3 aromatic rings. The lowest BCUT2D eigenvalue weighted by Crippen LogP contribution is -2.20. The molecular weight excluding hydrogens is 390 g/mol. The Labute approximate surface area is 171 Å². The van der Waals surface area contributed by atoms with E-state index in [-0.39, 0.29) is 11.3 Å². The maximum Gasteiger partial charge on any atom is 0.266 e. The van der Waals surface area contributed by atoms with Crippen LogP contribution in [0.15, 0.2) is 47.3 Å². The summed E-state index contributed by atoms with van der Waals surface area (Å²) in [5, 5.41) is 0. The molecule has 6 nitrogen and oxygen atoms in total. The molecule has 0 atom stereocenters. The largest absolute Gasteiger partial charge is 0.496 e. The van der Waals surface area contributed by atoms with Crippen LogP contribution < -0.4 is 29.0 Å². The van der Waals surface area contributed by atoms with Gasteiger partial charge in [0.1, 0.15) is 5.75 Å². The maximum atomic E-state index is 12.6. The Hall–Kier alpha value is -3.32. The zero-order chi connectivity index (χ0) is 20.8. The summed E-state index contributed by atoms with van der Waals surface area (Å²) in [6.45, 7) is 2.43. The first-order chi connectivity index (χ1) is 14.0. The molecule has 0 radical (unpaired) electrons. The van der Waals surface area contributed by atoms with E-state index in [1.807, 2.05) is 13.0 Å². The van der Waals surface area contributed by atoms with Crippen molar-refractivity contribution in [2.45, 2.75) is 6.92 Å². The fourth-order valence-corrected chi connectivity index (χ4v) is 3.65. The SMILES string of the molecule is CCOc1ccc(/C=c2\s/c(=C\C(=O)c3ccccc3OC)[nH]c2=O)cc1OC. The number of thiazole rings is 1. The smallest absolute Gasteiger partial charge is 0.266 e. The average molecular weight is 411 g/mol. The first-order valence-corrected chi connectivity index (χ1v) is 9.78. The number of carbonyl (C=O) groups is 1. The van der Waals surface area contributed by atoms with E-state index in [0.29, 0.717) is 38.6 Å². The van der Waals surface area contributed by atoms with E-state index in [1.54, 1.807) is 49.6 Å². The molecule has 0 spiro atoms. The van der Waals surface area contributed by atoms with Gasteiger partial charge in [-0.3, -0.25) is 9.59 Å². The number of para-hydroxylation sites is 1. The fraction of sp³-hybridized carbons (Fsp3) is 0.182. The summed E-state index contributed by atoms with van der Waals surface area (Å²) in [6.07, 6.45) is 3.15. The molecule has 0 aliphatic carbocycles. The van der Waals surface area contributed by atoms with Crippen molar-refractivity contribution in [2.24, 2.45) is 0 Å². The first kappa shape index (κ1) is 20.4. The van der Waals surface area contributed by atoms with Crippen molar-refractivity contribution in [3.63, 3.8) is 0 Å². The van der Waals surface area contributed by atoms with Crippen LogP contribution in [0.3, 0.4) is 0 Å². The molecule has 7 heteroatoms. The molecule has 2 aromatic carbocycles. The number of ketones is 1. The molecule has 0 unspecified atom stereocenters. The lowest BCUT2D eigenvalue weighted by molar-refractivity contribution is 0.105. The second kappa shape index (κ2) is 9.25. The van der Waals surface area contributed by atoms with Gasteiger partial charge >= 0.3 is 0 Å². The molecule has 1 heterocycles. The summed E-state index contributed by atoms with van der Waals surface area (Å²) >= 11 is 1.21. The van der Waals surface area contributed by atoms with Crippen molar-refractivity contribution >= 4 is 29.3 Å². The Morgan fingerprint density at radius 1 is 1.07 bits per heavy atom. The summed E-state index contributed by atoms with van der Waals surface area (Å²) < 4.78 is 17.0. The van der Waals surface area contributed by atoms with Crippen molar-refractivity contribution in [2.75, 3.05) is 20.8 Å². The first-order valence-electron chi connectivity index (χ1n) is 8.96. The number of hydrogen-bond acceptors (Lipinski definition) is 6. The van der Waals surface area contributed by atoms with Gasteiger partial charge in [0.2, 0.25) is 0 Å². The summed E-state index contributed by atoms with van der Waals surface area (Å²) in [7, 11) is 3.08. The number of aromatic nitrogens is 1. The van der Waals surface area contributed by atoms with Gasteiger partial charge in [0.05, 0.1) is 35.6 Å². The van der Waals surface area contributed by atoms with Gasteiger partial charge in [-0.15, -0.1) is 11.3 Å². The van der Waals surface area contributed by atoms with Gasteiger partial charge in [-0.05, 0) is 42.8 Å². The van der Waals surface area contributed by atoms with Gasteiger partial charge in [0.15, 0.2) is 17.3 Å². The molecule has 1 N–H and O–H groups in total. The minimum Gasteiger partial charge on any atom is -0.496 e. The van der Waals surface area contributed by atoms with Crippen LogP contribution in [-0.2, 0) is 0 Å². The third-order valence-corrected chi connectivity index (χ3v) is 5.06. The fourth-order valence-electron chi connectivity index (χ4n) is 2.77. The molecular formula is C22H21NO5S. The number of rotatable bonds is 7. The van der Waals surface area contributed by atoms with Gasteiger partial charge in [0, 0.05) is 6.08 Å². The Morgan fingerprint density at radius 3 is 2.55 bits per heavy atom. The Morgan fingerprint density at radius 2 is 1.83 bits per heavy atom. The van der Waals surface area contributed by atoms with Crippen LogP contribution in [0.4, 0.5) is 0 Å². The predicted molar refractivity (Wildman–Crippen MR) is 114 cm³/mol. The van der Waals surface area contributed by atoms with Gasteiger partial charge in [-0.1, -0.05) is 18.2 Å². The maximum absolute atomic E-state index is 12.6. The Balaban J connectivity index is 1.97. The van der Waals surface area contributed by atoms with Crippen molar-refractivity contribution in [3.8, 4) is 17.2 Å². The molecule has 29 heavy (non-hydrogen) atoms. The number of carbonyl (C=O) groups excluding carboxylic acids is 1. The summed E-state index contributed by atoms with van der Waals surface area (Å²) in [4.78, 5) is 27.6. The van der Waals surface area contributed by atoms with Crippen LogP contribution in [0.25, 0.3) is 12.2 Å². The lowest BCUT2D eigenvalue weighted by Gasteiger charge is -2.09. The number of ether oxygens (including phenoxy) is 3. The van der Waals surface area contributed by atoms with Crippen molar-refractivity contribution in [1.82, 2.24) is 4.98 Å². The number of H-pyrrole nitrogens is 1. The highest BCUT2D eigenvalue weighted by atomic mass is 32.1. The quantitative estimate of drug-likeness (QED) is 0.604. The Kier molecular flexibility index (Phi) is 6.51. The topological polar surface area (TPSA) is 77.6 Å². The number of benzene rings is 2. The average Bonchev–Trinajstić information content (AvgIpc) is 3.07. The van der Waals surface area contributed by atoms with E-state index in [1.165, 1.54) is 24.5 Å². The number of Topliss-reactive ketones (excluding diaryl/α,β-unsaturated/α-hetero) is 1. The van der Waals surface area contributed by atoms with Gasteiger partial charge in [0.25, 0.3) is 5.56 Å². The van der Waals surface area contributed by atoms with Crippen molar-refractivity contribution in [3.05, 3.63) is 73.1 Å². The van der Waals surface area contributed by atoms with Crippen molar-refractivity contribution in [1.29, 1.82) is 0 Å². The third-order valence-electron chi connectivity index (χ3n) is 4.10. The number of aromatic amines is 1. The second-order valence-electron chi connectivity index (χ2n) is 5.98. The van der Waals surface area contributed by atoms with Crippen LogP contribution >= 0.6 is 11.3 Å². The molecule has 3 rings (SSSR count). The normalized spacial score (nSPS) is 12.1. The van der Waals surface area contributed by atoms with E-state index in [9.17, 15) is 9.59 Å². The minimum absolute atomic E-state index is 0.241. The summed E-state index contributed by atoms with van der Waals surface area (Å²) in [5.74, 6) is 1.48. The van der Waals surface area contributed by atoms with Crippen LogP contribution in [0, 0.1) is 0 Å². The second-order valence-corrected chi connectivity index (χ2v) is 7.06. The van der Waals surface area contributed by atoms with Crippen molar-refractivity contribution < 1.29 is 19.0 Å². The highest BCUT2D eigenvalue weighted by Gasteiger charge is 2.09. The third kappa shape index (κ3) is 4.75. The number of methoxy groups -OCH3 is 2. The minimum atomic E-state index is -0.262. The molecule has 0 saturated heterocycles. The van der Waals surface area contributed by atoms with Crippen LogP contribution in [0.1, 0.15) is 22.8 Å². The van der Waals surface area contributed by atoms with Gasteiger partial charge in [-0.2, -0.15) is 0 Å². The summed E-state index contributed by atoms with van der Waals surface area (Å²) in [6, 6.07) is 12.4. The molecule has 150 valence electrons. The van der Waals surface area contributed by atoms with Crippen LogP contribution in [0.2, 0.25) is 0 Å². The highest BCUT2D eigenvalue weighted by Crippen LogP contribution is 2.28. The standard InChI is InChI=1S/C22H21NO5S/c1-4-28-18-10-9-14(11-19(18)27-3)12-20-22(25)23-21(29-20)13-16(24)15-7-5-6-8-17(15)26-2/h5-13H,4H2,1-3H3,(H,23,25)/b20-12-,21-13-. The predicted octanol–water partition coefficient (Wildman–Crippen LogP) is 2.34. The van der Waals surface area contributed by atoms with E-state index < -0.39 is 0 Å². The van der Waals surface area contributed by atoms with Gasteiger partial charge in [-0.25, -0.2) is 0 Å². The summed E-state index contributed by atoms with van der Waals surface area (Å²) in [5.41, 5.74) is 0.966. The van der Waals surface area contributed by atoms with E-state index in [4.69, 9.17) is 14.2 Å². The van der Waals surface area contributed by atoms with E-state index >= 15 is 0 Å². The molecule has 0 aliphatic rings. The molecule has 0 bridgehead atoms. The molecule has 0 fully saturated rings. The molecule has 0 amide bonds. The molecule has 0 aliphatic heterocycles. The number of hydrogen-bond donors (Lipinski definition) is 1. The molecule has 1 aromatic heterocycles. The zero-order valence-electron chi connectivity index (χ0n) is 16.4. The van der Waals surface area contributed by atoms with Gasteiger partial charge < -0.3 is 19.2 Å². The zero-order valence-corrected chi connectivity index (χ0v) is 17.2. The highest BCUT2D eigenvalue weighted by molar-refractivity contribution is 7.07. The lowest BCUT2D eigenvalue weighted by atomic mass is 10.1. The van der Waals surface area contributed by atoms with E-state index in [0.717, 1.165) is 5.56 Å². The van der Waals surface area contributed by atoms with E-state index in [2.05, 4.69) is 4.98 Å². The monoisotopic (exact) mass is 411 g/mol. The Bertz CT molecular complexity index is 1190. The van der Waals surface area contributed by atoms with Crippen LogP contribution in [-0.4, -0.2) is 31.6 Å². The molecule has 0 saturated carbocycles. The van der Waals surface area contributed by atoms with Crippen LogP contribution in [0.5, 0.6) is 17.2 Å². The number of nitrogens with one attached hydrogen (secondary N) is 1.